The Kier molecular flexibility index (Phi) is 3.97. The van der Waals surface area contributed by atoms with Gasteiger partial charge in [0.1, 0.15) is 5.82 Å². The highest BCUT2D eigenvalue weighted by Gasteiger charge is 2.26. The fourth-order valence-corrected chi connectivity index (χ4v) is 3.22. The van der Waals surface area contributed by atoms with E-state index in [0.717, 1.165) is 36.9 Å². The van der Waals surface area contributed by atoms with E-state index in [4.69, 9.17) is 5.73 Å². The molecule has 2 atom stereocenters. The molecule has 0 spiro atoms. The third kappa shape index (κ3) is 2.81. The van der Waals surface area contributed by atoms with Crippen LogP contribution in [-0.4, -0.2) is 21.0 Å². The lowest BCUT2D eigenvalue weighted by Gasteiger charge is -2.21. The molecule has 0 saturated heterocycles. The standard InChI is InChI=1S/C17H23N3O/c1-12-7-5-6-8-13(12)14-11-17(18)20(19-14)15-9-3-2-4-10-16(15)21/h5-8,11,15-16,21H,2-4,9-10,18H2,1H3. The van der Waals surface area contributed by atoms with Gasteiger partial charge < -0.3 is 10.8 Å². The second-order valence-electron chi connectivity index (χ2n) is 5.99. The Labute approximate surface area is 125 Å². The minimum atomic E-state index is -0.348. The summed E-state index contributed by atoms with van der Waals surface area (Å²) in [4.78, 5) is 0. The number of aliphatic hydroxyl groups is 1. The average Bonchev–Trinajstić information content (AvgIpc) is 2.71. The first-order valence-electron chi connectivity index (χ1n) is 7.76. The molecule has 3 N–H and O–H groups in total. The first-order chi connectivity index (χ1) is 10.2. The van der Waals surface area contributed by atoms with Crippen molar-refractivity contribution in [3.63, 3.8) is 0 Å². The number of nitrogen functional groups attached to an aromatic ring is 1. The topological polar surface area (TPSA) is 64.1 Å². The number of aromatic nitrogens is 2. The summed E-state index contributed by atoms with van der Waals surface area (Å²) in [6, 6.07) is 10.1. The fourth-order valence-electron chi connectivity index (χ4n) is 3.22. The van der Waals surface area contributed by atoms with Crippen molar-refractivity contribution in [1.29, 1.82) is 0 Å². The quantitative estimate of drug-likeness (QED) is 0.832. The van der Waals surface area contributed by atoms with Crippen molar-refractivity contribution >= 4 is 5.82 Å². The predicted octanol–water partition coefficient (Wildman–Crippen LogP) is 3.31. The molecule has 2 unspecified atom stereocenters. The zero-order valence-corrected chi connectivity index (χ0v) is 12.5. The minimum absolute atomic E-state index is 0.00488. The van der Waals surface area contributed by atoms with Crippen molar-refractivity contribution in [2.45, 2.75) is 51.2 Å². The summed E-state index contributed by atoms with van der Waals surface area (Å²) < 4.78 is 1.83. The average molecular weight is 285 g/mol. The first-order valence-corrected chi connectivity index (χ1v) is 7.76. The monoisotopic (exact) mass is 285 g/mol. The second-order valence-corrected chi connectivity index (χ2v) is 5.99. The molecule has 1 aliphatic carbocycles. The van der Waals surface area contributed by atoms with E-state index in [1.807, 2.05) is 22.9 Å². The summed E-state index contributed by atoms with van der Waals surface area (Å²) in [7, 11) is 0. The third-order valence-corrected chi connectivity index (χ3v) is 4.44. The Balaban J connectivity index is 1.96. The molecule has 1 heterocycles. The van der Waals surface area contributed by atoms with E-state index < -0.39 is 0 Å². The van der Waals surface area contributed by atoms with Crippen molar-refractivity contribution in [3.05, 3.63) is 35.9 Å². The van der Waals surface area contributed by atoms with Crippen LogP contribution in [0.15, 0.2) is 30.3 Å². The number of nitrogens with zero attached hydrogens (tertiary/aromatic N) is 2. The van der Waals surface area contributed by atoms with Crippen LogP contribution in [-0.2, 0) is 0 Å². The predicted molar refractivity (Wildman–Crippen MR) is 84.9 cm³/mol. The Morgan fingerprint density at radius 2 is 1.95 bits per heavy atom. The summed E-state index contributed by atoms with van der Waals surface area (Å²) in [5, 5.41) is 15.0. The van der Waals surface area contributed by atoms with Gasteiger partial charge in [0.25, 0.3) is 0 Å². The van der Waals surface area contributed by atoms with Gasteiger partial charge in [-0.3, -0.25) is 0 Å². The summed E-state index contributed by atoms with van der Waals surface area (Å²) in [5.41, 5.74) is 9.34. The molecule has 1 saturated carbocycles. The summed E-state index contributed by atoms with van der Waals surface area (Å²) in [6.07, 6.45) is 4.83. The van der Waals surface area contributed by atoms with Crippen molar-refractivity contribution in [2.24, 2.45) is 0 Å². The van der Waals surface area contributed by atoms with Crippen LogP contribution in [0, 0.1) is 6.92 Å². The van der Waals surface area contributed by atoms with Gasteiger partial charge in [0, 0.05) is 11.6 Å². The minimum Gasteiger partial charge on any atom is -0.391 e. The zero-order valence-electron chi connectivity index (χ0n) is 12.5. The second kappa shape index (κ2) is 5.90. The molecule has 4 nitrogen and oxygen atoms in total. The number of aliphatic hydroxyl groups excluding tert-OH is 1. The van der Waals surface area contributed by atoms with E-state index in [1.54, 1.807) is 0 Å². The molecule has 0 radical (unpaired) electrons. The van der Waals surface area contributed by atoms with E-state index >= 15 is 0 Å². The number of nitrogens with two attached hydrogens (primary N) is 1. The van der Waals surface area contributed by atoms with Crippen LogP contribution in [0.2, 0.25) is 0 Å². The number of benzene rings is 1. The van der Waals surface area contributed by atoms with Crippen molar-refractivity contribution in [3.8, 4) is 11.3 Å². The lowest BCUT2D eigenvalue weighted by atomic mass is 10.1. The Morgan fingerprint density at radius 3 is 2.76 bits per heavy atom. The van der Waals surface area contributed by atoms with E-state index in [0.29, 0.717) is 5.82 Å². The first kappa shape index (κ1) is 14.1. The van der Waals surface area contributed by atoms with E-state index in [-0.39, 0.29) is 12.1 Å². The van der Waals surface area contributed by atoms with Crippen LogP contribution in [0.5, 0.6) is 0 Å². The molecule has 2 aromatic rings. The molecule has 21 heavy (non-hydrogen) atoms. The number of anilines is 1. The molecule has 1 aliphatic rings. The van der Waals surface area contributed by atoms with Gasteiger partial charge >= 0.3 is 0 Å². The van der Waals surface area contributed by atoms with Gasteiger partial charge in [0.15, 0.2) is 0 Å². The van der Waals surface area contributed by atoms with Gasteiger partial charge in [-0.1, -0.05) is 43.5 Å². The van der Waals surface area contributed by atoms with Gasteiger partial charge in [-0.05, 0) is 25.3 Å². The molecule has 112 valence electrons. The highest BCUT2D eigenvalue weighted by molar-refractivity contribution is 5.65. The van der Waals surface area contributed by atoms with Crippen LogP contribution in [0.1, 0.15) is 43.7 Å². The maximum Gasteiger partial charge on any atom is 0.122 e. The molecule has 3 rings (SSSR count). The van der Waals surface area contributed by atoms with Crippen LogP contribution >= 0.6 is 0 Å². The normalized spacial score (nSPS) is 23.0. The zero-order chi connectivity index (χ0) is 14.8. The molecule has 0 bridgehead atoms. The van der Waals surface area contributed by atoms with Gasteiger partial charge in [0.2, 0.25) is 0 Å². The Bertz CT molecular complexity index is 620. The molecule has 1 fully saturated rings. The Morgan fingerprint density at radius 1 is 1.19 bits per heavy atom. The lowest BCUT2D eigenvalue weighted by molar-refractivity contribution is 0.100. The maximum atomic E-state index is 10.3. The van der Waals surface area contributed by atoms with Crippen LogP contribution in [0.3, 0.4) is 0 Å². The molecule has 0 aliphatic heterocycles. The van der Waals surface area contributed by atoms with Gasteiger partial charge in [-0.25, -0.2) is 4.68 Å². The molecular formula is C17H23N3O. The number of hydrogen-bond acceptors (Lipinski definition) is 3. The largest absolute Gasteiger partial charge is 0.391 e. The van der Waals surface area contributed by atoms with Gasteiger partial charge in [-0.2, -0.15) is 5.10 Å². The van der Waals surface area contributed by atoms with E-state index in [2.05, 4.69) is 24.2 Å². The number of hydrogen-bond donors (Lipinski definition) is 2. The SMILES string of the molecule is Cc1ccccc1-c1cc(N)n(C2CCCCCC2O)n1. The molecular weight excluding hydrogens is 262 g/mol. The molecule has 1 aromatic carbocycles. The van der Waals surface area contributed by atoms with Gasteiger partial charge in [-0.15, -0.1) is 0 Å². The number of rotatable bonds is 2. The van der Waals surface area contributed by atoms with Crippen LogP contribution in [0.25, 0.3) is 11.3 Å². The highest BCUT2D eigenvalue weighted by Crippen LogP contribution is 2.31. The Hall–Kier alpha value is -1.81. The van der Waals surface area contributed by atoms with E-state index in [9.17, 15) is 5.11 Å². The van der Waals surface area contributed by atoms with Crippen molar-refractivity contribution in [2.75, 3.05) is 5.73 Å². The smallest absolute Gasteiger partial charge is 0.122 e. The molecule has 0 amide bonds. The fraction of sp³-hybridized carbons (Fsp3) is 0.471. The van der Waals surface area contributed by atoms with Crippen molar-refractivity contribution < 1.29 is 5.11 Å². The summed E-state index contributed by atoms with van der Waals surface area (Å²) in [5.74, 6) is 0.638. The highest BCUT2D eigenvalue weighted by atomic mass is 16.3. The number of aryl methyl sites for hydroxylation is 1. The summed E-state index contributed by atoms with van der Waals surface area (Å²) >= 11 is 0. The third-order valence-electron chi connectivity index (χ3n) is 4.44. The van der Waals surface area contributed by atoms with Gasteiger partial charge in [0.05, 0.1) is 17.8 Å². The van der Waals surface area contributed by atoms with Crippen molar-refractivity contribution in [1.82, 2.24) is 9.78 Å². The van der Waals surface area contributed by atoms with E-state index in [1.165, 1.54) is 12.0 Å². The van der Waals surface area contributed by atoms with Crippen LogP contribution < -0.4 is 5.73 Å². The molecule has 4 heteroatoms. The lowest BCUT2D eigenvalue weighted by Crippen LogP contribution is -2.25. The maximum absolute atomic E-state index is 10.3. The summed E-state index contributed by atoms with van der Waals surface area (Å²) in [6.45, 7) is 2.07. The van der Waals surface area contributed by atoms with Crippen LogP contribution in [0.4, 0.5) is 5.82 Å². The molecule has 1 aromatic heterocycles.